The molecule has 0 aliphatic carbocycles. The van der Waals surface area contributed by atoms with E-state index in [0.717, 1.165) is 17.9 Å². The molecular weight excluding hydrogens is 260 g/mol. The summed E-state index contributed by atoms with van der Waals surface area (Å²) in [5.74, 6) is 1.35. The first kappa shape index (κ1) is 13.6. The fourth-order valence-corrected chi connectivity index (χ4v) is 1.86. The summed E-state index contributed by atoms with van der Waals surface area (Å²) in [5.41, 5.74) is 1.58. The van der Waals surface area contributed by atoms with Gasteiger partial charge in [0.15, 0.2) is 5.82 Å². The van der Waals surface area contributed by atoms with Gasteiger partial charge in [0, 0.05) is 30.0 Å². The third-order valence-electron chi connectivity index (χ3n) is 2.76. The maximum atomic E-state index is 11.7. The molecule has 0 spiro atoms. The van der Waals surface area contributed by atoms with Gasteiger partial charge in [0.2, 0.25) is 0 Å². The summed E-state index contributed by atoms with van der Waals surface area (Å²) in [6.07, 6.45) is 1.70. The lowest BCUT2D eigenvalue weighted by atomic mass is 10.1. The van der Waals surface area contributed by atoms with E-state index < -0.39 is 0 Å². The Morgan fingerprint density at radius 2 is 2.11 bits per heavy atom. The van der Waals surface area contributed by atoms with Crippen LogP contribution < -0.4 is 5.32 Å². The molecule has 1 N–H and O–H groups in total. The number of aromatic nitrogens is 3. The van der Waals surface area contributed by atoms with Crippen LogP contribution >= 0.6 is 12.6 Å². The average molecular weight is 276 g/mol. The van der Waals surface area contributed by atoms with Gasteiger partial charge in [-0.15, -0.1) is 10.2 Å². The van der Waals surface area contributed by atoms with E-state index >= 15 is 0 Å². The summed E-state index contributed by atoms with van der Waals surface area (Å²) >= 11 is 4.05. The molecule has 1 heterocycles. The Morgan fingerprint density at radius 3 is 2.74 bits per heavy atom. The van der Waals surface area contributed by atoms with Crippen molar-refractivity contribution in [3.8, 4) is 11.4 Å². The number of hydrogen-bond donors (Lipinski definition) is 2. The van der Waals surface area contributed by atoms with Crippen molar-refractivity contribution in [3.05, 3.63) is 36.2 Å². The summed E-state index contributed by atoms with van der Waals surface area (Å²) in [7, 11) is 0. The molecule has 1 aromatic carbocycles. The third kappa shape index (κ3) is 3.14. The molecule has 0 atom stereocenters. The predicted molar refractivity (Wildman–Crippen MR) is 77.3 cm³/mol. The molecule has 0 saturated heterocycles. The minimum Gasteiger partial charge on any atom is -0.351 e. The van der Waals surface area contributed by atoms with Crippen LogP contribution in [0.3, 0.4) is 0 Å². The van der Waals surface area contributed by atoms with E-state index in [-0.39, 0.29) is 5.91 Å². The van der Waals surface area contributed by atoms with Crippen LogP contribution in [-0.2, 0) is 6.54 Å². The van der Waals surface area contributed by atoms with Gasteiger partial charge in [0.25, 0.3) is 5.91 Å². The quantitative estimate of drug-likeness (QED) is 0.816. The molecule has 0 unspecified atom stereocenters. The summed E-state index contributed by atoms with van der Waals surface area (Å²) in [6, 6.07) is 7.34. The molecule has 100 valence electrons. The zero-order chi connectivity index (χ0) is 13.7. The van der Waals surface area contributed by atoms with Crippen LogP contribution in [0, 0.1) is 0 Å². The molecule has 0 bridgehead atoms. The second-order valence-corrected chi connectivity index (χ2v) is 4.44. The summed E-state index contributed by atoms with van der Waals surface area (Å²) in [4.78, 5) is 11.7. The molecule has 1 aromatic heterocycles. The van der Waals surface area contributed by atoms with Gasteiger partial charge in [-0.05, 0) is 19.1 Å². The van der Waals surface area contributed by atoms with Crippen molar-refractivity contribution < 1.29 is 4.79 Å². The van der Waals surface area contributed by atoms with Crippen LogP contribution in [-0.4, -0.2) is 33.0 Å². The number of hydrogen-bond acceptors (Lipinski definition) is 4. The number of thiol groups is 1. The maximum Gasteiger partial charge on any atom is 0.251 e. The number of benzene rings is 1. The minimum absolute atomic E-state index is 0.0856. The molecular formula is C13H16N4OS. The summed E-state index contributed by atoms with van der Waals surface area (Å²) in [5, 5.41) is 10.8. The highest BCUT2D eigenvalue weighted by molar-refractivity contribution is 7.80. The number of rotatable bonds is 5. The van der Waals surface area contributed by atoms with Crippen LogP contribution in [0.5, 0.6) is 0 Å². The van der Waals surface area contributed by atoms with Crippen LogP contribution in [0.15, 0.2) is 30.6 Å². The van der Waals surface area contributed by atoms with E-state index in [1.807, 2.05) is 23.6 Å². The summed E-state index contributed by atoms with van der Waals surface area (Å²) < 4.78 is 1.95. The van der Waals surface area contributed by atoms with Gasteiger partial charge in [-0.2, -0.15) is 12.6 Å². The maximum absolute atomic E-state index is 11.7. The molecule has 0 fully saturated rings. The molecule has 1 amide bonds. The predicted octanol–water partition coefficient (Wildman–Crippen LogP) is 1.62. The van der Waals surface area contributed by atoms with Crippen LogP contribution in [0.2, 0.25) is 0 Å². The smallest absolute Gasteiger partial charge is 0.251 e. The highest BCUT2D eigenvalue weighted by atomic mass is 32.1. The van der Waals surface area contributed by atoms with Gasteiger partial charge in [0.05, 0.1) is 0 Å². The monoisotopic (exact) mass is 276 g/mol. The van der Waals surface area contributed by atoms with E-state index in [1.165, 1.54) is 0 Å². The SMILES string of the molecule is CCn1cnnc1-c1ccc(C(=O)NCCS)cc1. The van der Waals surface area contributed by atoms with Crippen LogP contribution in [0.4, 0.5) is 0 Å². The number of carbonyl (C=O) groups is 1. The first-order valence-electron chi connectivity index (χ1n) is 6.13. The highest BCUT2D eigenvalue weighted by Gasteiger charge is 2.08. The number of nitrogens with one attached hydrogen (secondary N) is 1. The number of nitrogens with zero attached hydrogens (tertiary/aromatic N) is 3. The molecule has 0 saturated carbocycles. The topological polar surface area (TPSA) is 59.8 Å². The van der Waals surface area contributed by atoms with Crippen molar-refractivity contribution in [1.29, 1.82) is 0 Å². The second kappa shape index (κ2) is 6.38. The normalized spacial score (nSPS) is 10.4. The van der Waals surface area contributed by atoms with E-state index in [2.05, 4.69) is 28.1 Å². The standard InChI is InChI=1S/C13H16N4OS/c1-2-17-9-15-16-12(17)10-3-5-11(6-4-10)13(18)14-7-8-19/h3-6,9,19H,2,7-8H2,1H3,(H,14,18). The molecule has 6 heteroatoms. The van der Waals surface area contributed by atoms with Crippen LogP contribution in [0.1, 0.15) is 17.3 Å². The van der Waals surface area contributed by atoms with E-state index in [0.29, 0.717) is 17.9 Å². The molecule has 19 heavy (non-hydrogen) atoms. The minimum atomic E-state index is -0.0856. The van der Waals surface area contributed by atoms with Gasteiger partial charge < -0.3 is 9.88 Å². The van der Waals surface area contributed by atoms with Crippen molar-refractivity contribution in [2.75, 3.05) is 12.3 Å². The van der Waals surface area contributed by atoms with Gasteiger partial charge in [-0.1, -0.05) is 12.1 Å². The number of carbonyl (C=O) groups excluding carboxylic acids is 1. The Morgan fingerprint density at radius 1 is 1.37 bits per heavy atom. The lowest BCUT2D eigenvalue weighted by Gasteiger charge is -2.05. The van der Waals surface area contributed by atoms with Gasteiger partial charge >= 0.3 is 0 Å². The second-order valence-electron chi connectivity index (χ2n) is 4.00. The molecule has 0 aliphatic rings. The Balaban J connectivity index is 2.17. The fraction of sp³-hybridized carbons (Fsp3) is 0.308. The number of amides is 1. The largest absolute Gasteiger partial charge is 0.351 e. The Hall–Kier alpha value is -1.82. The zero-order valence-electron chi connectivity index (χ0n) is 10.7. The lowest BCUT2D eigenvalue weighted by molar-refractivity contribution is 0.0956. The van der Waals surface area contributed by atoms with Gasteiger partial charge in [-0.3, -0.25) is 4.79 Å². The average Bonchev–Trinajstić information content (AvgIpc) is 2.93. The Kier molecular flexibility index (Phi) is 4.57. The molecule has 5 nitrogen and oxygen atoms in total. The zero-order valence-corrected chi connectivity index (χ0v) is 11.6. The lowest BCUT2D eigenvalue weighted by Crippen LogP contribution is -2.25. The molecule has 2 rings (SSSR count). The van der Waals surface area contributed by atoms with E-state index in [4.69, 9.17) is 0 Å². The highest BCUT2D eigenvalue weighted by Crippen LogP contribution is 2.17. The van der Waals surface area contributed by atoms with Crippen molar-refractivity contribution in [3.63, 3.8) is 0 Å². The first-order valence-corrected chi connectivity index (χ1v) is 6.76. The van der Waals surface area contributed by atoms with E-state index in [1.54, 1.807) is 18.5 Å². The van der Waals surface area contributed by atoms with Crippen molar-refractivity contribution in [1.82, 2.24) is 20.1 Å². The van der Waals surface area contributed by atoms with Gasteiger partial charge in [-0.25, -0.2) is 0 Å². The van der Waals surface area contributed by atoms with Crippen LogP contribution in [0.25, 0.3) is 11.4 Å². The first-order chi connectivity index (χ1) is 9.26. The van der Waals surface area contributed by atoms with Gasteiger partial charge in [0.1, 0.15) is 6.33 Å². The third-order valence-corrected chi connectivity index (χ3v) is 2.98. The van der Waals surface area contributed by atoms with Crippen molar-refractivity contribution in [2.24, 2.45) is 0 Å². The summed E-state index contributed by atoms with van der Waals surface area (Å²) in [6.45, 7) is 3.41. The number of aryl methyl sites for hydroxylation is 1. The fourth-order valence-electron chi connectivity index (χ4n) is 1.75. The Labute approximate surface area is 117 Å². The van der Waals surface area contributed by atoms with Crippen molar-refractivity contribution >= 4 is 18.5 Å². The van der Waals surface area contributed by atoms with E-state index in [9.17, 15) is 4.79 Å². The molecule has 0 aliphatic heterocycles. The molecule has 2 aromatic rings. The van der Waals surface area contributed by atoms with Crippen molar-refractivity contribution in [2.45, 2.75) is 13.5 Å². The Bertz CT molecular complexity index is 550. The molecule has 0 radical (unpaired) electrons.